The smallest absolute Gasteiger partial charge is 0.444 e. The van der Waals surface area contributed by atoms with Crippen molar-refractivity contribution in [1.82, 2.24) is 4.90 Å². The molecule has 0 unspecified atom stereocenters. The molecule has 0 aliphatic heterocycles. The number of nitrogens with zero attached hydrogens (tertiary/aromatic N) is 3. The molecule has 5 aromatic rings. The van der Waals surface area contributed by atoms with E-state index in [1.54, 1.807) is 109 Å². The van der Waals surface area contributed by atoms with Crippen molar-refractivity contribution in [2.75, 3.05) is 19.6 Å². The van der Waals surface area contributed by atoms with Crippen molar-refractivity contribution in [2.24, 2.45) is 10.7 Å². The van der Waals surface area contributed by atoms with Crippen LogP contribution in [0.1, 0.15) is 40.7 Å². The van der Waals surface area contributed by atoms with Crippen molar-refractivity contribution in [3.63, 3.8) is 0 Å². The number of rotatable bonds is 15. The number of ether oxygens (including phenoxy) is 4. The van der Waals surface area contributed by atoms with Gasteiger partial charge in [-0.2, -0.15) is 9.59 Å². The van der Waals surface area contributed by atoms with Gasteiger partial charge in [-0.15, -0.1) is 4.99 Å². The van der Waals surface area contributed by atoms with E-state index in [0.29, 0.717) is 28.7 Å². The van der Waals surface area contributed by atoms with Gasteiger partial charge in [0.05, 0.1) is 6.54 Å². The quantitative estimate of drug-likeness (QED) is 0.0361. The van der Waals surface area contributed by atoms with Crippen molar-refractivity contribution < 1.29 is 42.6 Å². The molecule has 0 spiro atoms. The standard InChI is InChI=1S/C46H47N4O8/c47-30-16-17-32-50(45(53)57-35-40-25-12-4-13-26-40,46(54)58-36-41-27-14-5-15-28-41)42(48-43(51)55-33-38-21-8-2-9-22-38)49(31-18-29-37-19-6-1-7-20-37)44(52)56-34-39-23-10-3-11-24-39/h1-15,18-29H,16-17,30-36,47H2/q+1. The van der Waals surface area contributed by atoms with Crippen LogP contribution in [0.15, 0.2) is 163 Å². The highest BCUT2D eigenvalue weighted by molar-refractivity contribution is 6.04. The first-order chi connectivity index (χ1) is 28.4. The number of quaternary nitrogens is 1. The predicted molar refractivity (Wildman–Crippen MR) is 220 cm³/mol. The minimum Gasteiger partial charge on any atom is -0.444 e. The van der Waals surface area contributed by atoms with Crippen molar-refractivity contribution in [1.29, 1.82) is 0 Å². The second kappa shape index (κ2) is 22.6. The number of carbonyl (C=O) groups excluding carboxylic acids is 4. The highest BCUT2D eigenvalue weighted by atomic mass is 16.6. The molecule has 5 aromatic carbocycles. The number of carbonyl (C=O) groups is 4. The number of guanidine groups is 1. The number of nitrogens with two attached hydrogens (primary N) is 1. The molecule has 0 heterocycles. The minimum absolute atomic E-state index is 0.155. The molecule has 0 radical (unpaired) electrons. The van der Waals surface area contributed by atoms with Gasteiger partial charge in [0, 0.05) is 0 Å². The van der Waals surface area contributed by atoms with Crippen molar-refractivity contribution in [3.8, 4) is 0 Å². The lowest BCUT2D eigenvalue weighted by Crippen LogP contribution is -2.67. The van der Waals surface area contributed by atoms with Crippen LogP contribution in [0.25, 0.3) is 6.08 Å². The Morgan fingerprint density at radius 1 is 0.552 bits per heavy atom. The molecule has 0 saturated carbocycles. The fraction of sp³-hybridized carbons (Fsp3) is 0.196. The van der Waals surface area contributed by atoms with Gasteiger partial charge in [-0.1, -0.05) is 168 Å². The highest BCUT2D eigenvalue weighted by Crippen LogP contribution is 2.24. The Labute approximate surface area is 338 Å². The molecule has 0 aromatic heterocycles. The summed E-state index contributed by atoms with van der Waals surface area (Å²) in [5, 5.41) is 0. The van der Waals surface area contributed by atoms with Crippen LogP contribution in [0, 0.1) is 0 Å². The van der Waals surface area contributed by atoms with E-state index >= 15 is 0 Å². The molecule has 2 N–H and O–H groups in total. The Morgan fingerprint density at radius 2 is 0.966 bits per heavy atom. The van der Waals surface area contributed by atoms with Crippen LogP contribution in [0.3, 0.4) is 0 Å². The molecule has 5 rings (SSSR count). The summed E-state index contributed by atoms with van der Waals surface area (Å²) in [6, 6.07) is 44.9. The van der Waals surface area contributed by atoms with Crippen LogP contribution in [-0.2, 0) is 45.4 Å². The first-order valence-electron chi connectivity index (χ1n) is 18.9. The van der Waals surface area contributed by atoms with E-state index in [-0.39, 0.29) is 52.5 Å². The zero-order chi connectivity index (χ0) is 40.8. The summed E-state index contributed by atoms with van der Waals surface area (Å²) in [5.74, 6) is -0.637. The molecule has 0 aliphatic carbocycles. The summed E-state index contributed by atoms with van der Waals surface area (Å²) in [4.78, 5) is 63.3. The molecule has 0 atom stereocenters. The van der Waals surface area contributed by atoms with Gasteiger partial charge in [0.2, 0.25) is 0 Å². The van der Waals surface area contributed by atoms with Crippen LogP contribution in [-0.4, -0.2) is 59.3 Å². The van der Waals surface area contributed by atoms with Gasteiger partial charge < -0.3 is 24.7 Å². The minimum atomic E-state index is -1.47. The Balaban J connectivity index is 1.66. The molecular formula is C46H47N4O8+. The lowest BCUT2D eigenvalue weighted by atomic mass is 10.2. The van der Waals surface area contributed by atoms with Crippen LogP contribution >= 0.6 is 0 Å². The van der Waals surface area contributed by atoms with E-state index in [2.05, 4.69) is 4.99 Å². The molecule has 0 bridgehead atoms. The summed E-state index contributed by atoms with van der Waals surface area (Å²) < 4.78 is 21.7. The Hall–Kier alpha value is -6.89. The van der Waals surface area contributed by atoms with E-state index in [0.717, 1.165) is 10.5 Å². The van der Waals surface area contributed by atoms with Gasteiger partial charge in [-0.25, -0.2) is 14.5 Å². The number of aliphatic imine (C=N–C) groups is 1. The molecule has 12 nitrogen and oxygen atoms in total. The fourth-order valence-corrected chi connectivity index (χ4v) is 5.75. The van der Waals surface area contributed by atoms with E-state index in [1.165, 1.54) is 0 Å². The van der Waals surface area contributed by atoms with Crippen LogP contribution in [0.4, 0.5) is 19.2 Å². The average molecular weight is 784 g/mol. The van der Waals surface area contributed by atoms with Crippen molar-refractivity contribution in [2.45, 2.75) is 39.3 Å². The molecule has 0 saturated heterocycles. The predicted octanol–water partition coefficient (Wildman–Crippen LogP) is 9.26. The Bertz CT molecular complexity index is 2040. The molecule has 12 heteroatoms. The average Bonchev–Trinajstić information content (AvgIpc) is 3.27. The molecule has 4 amide bonds. The van der Waals surface area contributed by atoms with Gasteiger partial charge in [-0.05, 0) is 47.2 Å². The third-order valence-corrected chi connectivity index (χ3v) is 8.78. The van der Waals surface area contributed by atoms with Crippen molar-refractivity contribution >= 4 is 36.4 Å². The third-order valence-electron chi connectivity index (χ3n) is 8.78. The van der Waals surface area contributed by atoms with Crippen LogP contribution < -0.4 is 5.73 Å². The van der Waals surface area contributed by atoms with Gasteiger partial charge in [0.1, 0.15) is 33.0 Å². The van der Waals surface area contributed by atoms with E-state index in [9.17, 15) is 19.2 Å². The normalized spacial score (nSPS) is 11.4. The van der Waals surface area contributed by atoms with Gasteiger partial charge in [-0.3, -0.25) is 0 Å². The van der Waals surface area contributed by atoms with Crippen molar-refractivity contribution in [3.05, 3.63) is 186 Å². The lowest BCUT2D eigenvalue weighted by molar-refractivity contribution is -0.698. The monoisotopic (exact) mass is 783 g/mol. The zero-order valence-electron chi connectivity index (χ0n) is 32.1. The maximum absolute atomic E-state index is 14.9. The number of imide groups is 1. The summed E-state index contributed by atoms with van der Waals surface area (Å²) >= 11 is 0. The number of benzene rings is 5. The molecule has 0 aliphatic rings. The molecular weight excluding hydrogens is 737 g/mol. The third kappa shape index (κ3) is 12.6. The van der Waals surface area contributed by atoms with E-state index in [1.807, 2.05) is 54.6 Å². The number of hydrogen-bond donors (Lipinski definition) is 1. The number of unbranched alkanes of at least 4 members (excludes halogenated alkanes) is 1. The van der Waals surface area contributed by atoms with Crippen LogP contribution in [0.5, 0.6) is 0 Å². The van der Waals surface area contributed by atoms with Crippen LogP contribution in [0.2, 0.25) is 0 Å². The first-order valence-corrected chi connectivity index (χ1v) is 18.9. The molecule has 298 valence electrons. The highest BCUT2D eigenvalue weighted by Gasteiger charge is 2.58. The summed E-state index contributed by atoms with van der Waals surface area (Å²) in [6.07, 6.45) is -0.610. The number of amides is 4. The summed E-state index contributed by atoms with van der Waals surface area (Å²) in [6.45, 7) is -1.30. The van der Waals surface area contributed by atoms with E-state index < -0.39 is 34.8 Å². The molecule has 0 fully saturated rings. The SMILES string of the molecule is NCCCC[N+](C(=O)OCc1ccccc1)(C(=O)OCc1ccccc1)C(=NC(=O)OCc1ccccc1)N(CC=Cc1ccccc1)C(=O)OCc1ccccc1. The number of hydrogen-bond acceptors (Lipinski definition) is 9. The lowest BCUT2D eigenvalue weighted by Gasteiger charge is -2.34. The molecule has 58 heavy (non-hydrogen) atoms. The van der Waals surface area contributed by atoms with Gasteiger partial charge in [0.25, 0.3) is 0 Å². The summed E-state index contributed by atoms with van der Waals surface area (Å²) in [7, 11) is 0. The Morgan fingerprint density at radius 3 is 1.41 bits per heavy atom. The second-order valence-corrected chi connectivity index (χ2v) is 13.0. The second-order valence-electron chi connectivity index (χ2n) is 13.0. The maximum atomic E-state index is 14.9. The maximum Gasteiger partial charge on any atom is 0.534 e. The largest absolute Gasteiger partial charge is 0.534 e. The summed E-state index contributed by atoms with van der Waals surface area (Å²) in [5.41, 5.74) is 9.30. The fourth-order valence-electron chi connectivity index (χ4n) is 5.75. The zero-order valence-corrected chi connectivity index (χ0v) is 32.1. The Kier molecular flexibility index (Phi) is 16.5. The van der Waals surface area contributed by atoms with E-state index in [4.69, 9.17) is 24.7 Å². The first kappa shape index (κ1) is 42.3. The van der Waals surface area contributed by atoms with Gasteiger partial charge in [0.15, 0.2) is 0 Å². The van der Waals surface area contributed by atoms with Gasteiger partial charge >= 0.3 is 30.3 Å². The topological polar surface area (TPSA) is 147 Å².